The van der Waals surface area contributed by atoms with Crippen LogP contribution in [-0.4, -0.2) is 86.7 Å². The van der Waals surface area contributed by atoms with Gasteiger partial charge in [-0.1, -0.05) is 12.1 Å². The Balaban J connectivity index is 1.14. The van der Waals surface area contributed by atoms with Gasteiger partial charge in [0, 0.05) is 69.8 Å². The standard InChI is InChI=1S/C31H33Br2N7O4/c32-23-17-20(18-24(33)28(23)41)19-26(29(42)38-15-13-37(14-16-38)21-5-9-34-10-6-21)36-30(43)39-11-7-22(8-12-39)40-27-4-2-1-3-25(27)35-31(40)44/h1-6,9-10,17-18,22,26,41H,7-8,11-16,19H2,(H,35,44)(H,36,43)/t26-/m1/s1. The summed E-state index contributed by atoms with van der Waals surface area (Å²) in [6.07, 6.45) is 5.03. The number of para-hydroxylation sites is 2. The van der Waals surface area contributed by atoms with Gasteiger partial charge in [0.15, 0.2) is 0 Å². The molecule has 2 fully saturated rings. The summed E-state index contributed by atoms with van der Waals surface area (Å²) in [5, 5.41) is 13.2. The molecule has 3 N–H and O–H groups in total. The third kappa shape index (κ3) is 6.34. The van der Waals surface area contributed by atoms with Crippen LogP contribution in [0, 0.1) is 0 Å². The summed E-state index contributed by atoms with van der Waals surface area (Å²) in [6, 6.07) is 13.9. The average Bonchev–Trinajstić information content (AvgIpc) is 3.39. The van der Waals surface area contributed by atoms with E-state index in [4.69, 9.17) is 0 Å². The molecule has 4 aromatic rings. The molecular weight excluding hydrogens is 694 g/mol. The van der Waals surface area contributed by atoms with Crippen LogP contribution in [0.4, 0.5) is 10.5 Å². The maximum absolute atomic E-state index is 13.9. The molecule has 2 aliphatic rings. The molecule has 2 aliphatic heterocycles. The van der Waals surface area contributed by atoms with E-state index in [2.05, 4.69) is 52.0 Å². The number of urea groups is 1. The minimum absolute atomic E-state index is 0.0245. The van der Waals surface area contributed by atoms with Gasteiger partial charge in [0.2, 0.25) is 5.91 Å². The number of halogens is 2. The minimum Gasteiger partial charge on any atom is -0.506 e. The molecule has 11 nitrogen and oxygen atoms in total. The van der Waals surface area contributed by atoms with Crippen molar-refractivity contribution in [1.82, 2.24) is 29.7 Å². The number of H-pyrrole nitrogens is 1. The molecule has 0 saturated carbocycles. The minimum atomic E-state index is -0.799. The van der Waals surface area contributed by atoms with E-state index in [1.165, 1.54) is 0 Å². The van der Waals surface area contributed by atoms with E-state index in [0.717, 1.165) is 22.3 Å². The van der Waals surface area contributed by atoms with Gasteiger partial charge in [0.25, 0.3) is 0 Å². The number of piperidine rings is 1. The molecule has 2 aromatic carbocycles. The van der Waals surface area contributed by atoms with Crippen molar-refractivity contribution in [3.63, 3.8) is 0 Å². The molecule has 2 saturated heterocycles. The van der Waals surface area contributed by atoms with Gasteiger partial charge in [-0.15, -0.1) is 0 Å². The summed E-state index contributed by atoms with van der Waals surface area (Å²) >= 11 is 6.75. The van der Waals surface area contributed by atoms with Crippen molar-refractivity contribution in [2.24, 2.45) is 0 Å². The molecule has 2 aromatic heterocycles. The Morgan fingerprint density at radius 3 is 2.30 bits per heavy atom. The molecule has 6 rings (SSSR count). The number of phenols is 1. The fourth-order valence-corrected chi connectivity index (χ4v) is 7.42. The van der Waals surface area contributed by atoms with Crippen LogP contribution in [0.5, 0.6) is 5.75 Å². The molecule has 3 amide bonds. The number of phenolic OH excluding ortho intramolecular Hbond substituents is 1. The highest BCUT2D eigenvalue weighted by molar-refractivity contribution is 9.11. The summed E-state index contributed by atoms with van der Waals surface area (Å²) in [6.45, 7) is 3.33. The largest absolute Gasteiger partial charge is 0.506 e. The van der Waals surface area contributed by atoms with E-state index in [0.29, 0.717) is 61.1 Å². The molecule has 1 atom stereocenters. The molecule has 44 heavy (non-hydrogen) atoms. The van der Waals surface area contributed by atoms with Crippen LogP contribution in [0.1, 0.15) is 24.4 Å². The van der Waals surface area contributed by atoms with E-state index < -0.39 is 6.04 Å². The van der Waals surface area contributed by atoms with Crippen LogP contribution in [0.3, 0.4) is 0 Å². The number of benzene rings is 2. The van der Waals surface area contributed by atoms with Crippen molar-refractivity contribution in [1.29, 1.82) is 0 Å². The Morgan fingerprint density at radius 2 is 1.61 bits per heavy atom. The quantitative estimate of drug-likeness (QED) is 0.273. The second-order valence-corrected chi connectivity index (χ2v) is 12.9. The number of imidazole rings is 1. The molecule has 0 unspecified atom stereocenters. The van der Waals surface area contributed by atoms with Crippen molar-refractivity contribution < 1.29 is 14.7 Å². The number of piperazine rings is 1. The molecule has 230 valence electrons. The lowest BCUT2D eigenvalue weighted by molar-refractivity contribution is -0.133. The normalized spacial score (nSPS) is 16.7. The Bertz CT molecular complexity index is 1690. The summed E-state index contributed by atoms with van der Waals surface area (Å²) in [7, 11) is 0. The van der Waals surface area contributed by atoms with E-state index in [9.17, 15) is 19.5 Å². The third-order valence-electron chi connectivity index (χ3n) is 8.47. The van der Waals surface area contributed by atoms with E-state index in [-0.39, 0.29) is 35.8 Å². The number of hydrogen-bond donors (Lipinski definition) is 3. The molecule has 0 aliphatic carbocycles. The molecule has 0 radical (unpaired) electrons. The maximum atomic E-state index is 13.9. The number of pyridine rings is 1. The first-order valence-electron chi connectivity index (χ1n) is 14.6. The smallest absolute Gasteiger partial charge is 0.326 e. The van der Waals surface area contributed by atoms with E-state index in [1.54, 1.807) is 34.0 Å². The van der Waals surface area contributed by atoms with Crippen molar-refractivity contribution >= 4 is 60.5 Å². The van der Waals surface area contributed by atoms with Gasteiger partial charge < -0.3 is 30.1 Å². The number of likely N-dealkylation sites (tertiary alicyclic amines) is 1. The Hall–Kier alpha value is -3.84. The number of aromatic nitrogens is 3. The number of hydrogen-bond acceptors (Lipinski definition) is 6. The lowest BCUT2D eigenvalue weighted by atomic mass is 10.0. The number of anilines is 1. The fraction of sp³-hybridized carbons (Fsp3) is 0.355. The lowest BCUT2D eigenvalue weighted by Crippen LogP contribution is -2.57. The van der Waals surface area contributed by atoms with Gasteiger partial charge in [-0.3, -0.25) is 14.3 Å². The van der Waals surface area contributed by atoms with Crippen LogP contribution < -0.4 is 15.9 Å². The first-order valence-corrected chi connectivity index (χ1v) is 16.2. The Morgan fingerprint density at radius 1 is 0.955 bits per heavy atom. The highest BCUT2D eigenvalue weighted by Crippen LogP contribution is 2.34. The van der Waals surface area contributed by atoms with Gasteiger partial charge in [-0.05, 0) is 86.7 Å². The highest BCUT2D eigenvalue weighted by atomic mass is 79.9. The van der Waals surface area contributed by atoms with Crippen LogP contribution >= 0.6 is 31.9 Å². The first kappa shape index (κ1) is 30.2. The number of carbonyl (C=O) groups excluding carboxylic acids is 2. The molecule has 4 heterocycles. The number of amides is 3. The van der Waals surface area contributed by atoms with Gasteiger partial charge in [0.05, 0.1) is 20.0 Å². The van der Waals surface area contributed by atoms with Gasteiger partial charge in [-0.2, -0.15) is 0 Å². The SMILES string of the molecule is O=C(N[C@H](Cc1cc(Br)c(O)c(Br)c1)C(=O)N1CCN(c2ccncc2)CC1)N1CCC(n2c(=O)[nH]c3ccccc32)CC1. The zero-order valence-electron chi connectivity index (χ0n) is 24.0. The van der Waals surface area contributed by atoms with E-state index >= 15 is 0 Å². The molecule has 0 spiro atoms. The van der Waals surface area contributed by atoms with Gasteiger partial charge in [-0.25, -0.2) is 9.59 Å². The first-order chi connectivity index (χ1) is 21.3. The Kier molecular flexibility index (Phi) is 8.94. The van der Waals surface area contributed by atoms with Crippen molar-refractivity contribution in [3.05, 3.63) is 85.9 Å². The second kappa shape index (κ2) is 13.0. The summed E-state index contributed by atoms with van der Waals surface area (Å²) < 4.78 is 2.79. The number of aromatic hydroxyl groups is 1. The summed E-state index contributed by atoms with van der Waals surface area (Å²) in [5.41, 5.74) is 3.37. The number of nitrogens with one attached hydrogen (secondary N) is 2. The zero-order valence-corrected chi connectivity index (χ0v) is 27.1. The van der Waals surface area contributed by atoms with Crippen LogP contribution in [0.2, 0.25) is 0 Å². The van der Waals surface area contributed by atoms with Crippen molar-refractivity contribution in [3.8, 4) is 5.75 Å². The number of aromatic amines is 1. The van der Waals surface area contributed by atoms with Crippen LogP contribution in [-0.2, 0) is 11.2 Å². The van der Waals surface area contributed by atoms with Crippen LogP contribution in [0.15, 0.2) is 74.7 Å². The number of fused-ring (bicyclic) bond motifs is 1. The topological polar surface area (TPSA) is 127 Å². The van der Waals surface area contributed by atoms with Crippen LogP contribution in [0.25, 0.3) is 11.0 Å². The monoisotopic (exact) mass is 725 g/mol. The number of rotatable bonds is 6. The van der Waals surface area contributed by atoms with E-state index in [1.807, 2.05) is 41.3 Å². The fourth-order valence-electron chi connectivity index (χ4n) is 6.14. The molecular formula is C31H33Br2N7O4. The molecule has 0 bridgehead atoms. The summed E-state index contributed by atoms with van der Waals surface area (Å²) in [5.74, 6) is -0.0710. The average molecular weight is 727 g/mol. The van der Waals surface area contributed by atoms with Gasteiger partial charge in [0.1, 0.15) is 11.8 Å². The highest BCUT2D eigenvalue weighted by Gasteiger charge is 2.32. The number of carbonyl (C=O) groups is 2. The lowest BCUT2D eigenvalue weighted by Gasteiger charge is -2.38. The zero-order chi connectivity index (χ0) is 30.8. The second-order valence-electron chi connectivity index (χ2n) is 11.2. The number of nitrogens with zero attached hydrogens (tertiary/aromatic N) is 5. The van der Waals surface area contributed by atoms with Crippen molar-refractivity contribution in [2.75, 3.05) is 44.2 Å². The maximum Gasteiger partial charge on any atom is 0.326 e. The molecule has 13 heteroatoms. The Labute approximate surface area is 271 Å². The van der Waals surface area contributed by atoms with Crippen molar-refractivity contribution in [2.45, 2.75) is 31.3 Å². The summed E-state index contributed by atoms with van der Waals surface area (Å²) in [4.78, 5) is 53.0. The predicted molar refractivity (Wildman–Crippen MR) is 175 cm³/mol. The van der Waals surface area contributed by atoms with Gasteiger partial charge >= 0.3 is 11.7 Å². The third-order valence-corrected chi connectivity index (χ3v) is 9.68. The predicted octanol–water partition coefficient (Wildman–Crippen LogP) is 4.26.